The van der Waals surface area contributed by atoms with Crippen LogP contribution in [0.3, 0.4) is 0 Å². The van der Waals surface area contributed by atoms with Crippen molar-refractivity contribution in [2.75, 3.05) is 19.8 Å². The molecule has 2 N–H and O–H groups in total. The number of unbranched alkanes of at least 4 members (excludes halogenated alkanes) is 3. The molecule has 0 radical (unpaired) electrons. The summed E-state index contributed by atoms with van der Waals surface area (Å²) in [5.41, 5.74) is 0. The Balaban J connectivity index is 2.30. The second kappa shape index (κ2) is 13.4. The molecule has 0 spiro atoms. The van der Waals surface area contributed by atoms with E-state index in [2.05, 4.69) is 44.5 Å². The van der Waals surface area contributed by atoms with Crippen LogP contribution in [0, 0.1) is 5.92 Å². The van der Waals surface area contributed by atoms with Gasteiger partial charge in [-0.1, -0.05) is 47.5 Å². The molecule has 0 bridgehead atoms. The first-order valence-corrected chi connectivity index (χ1v) is 15.2. The minimum absolute atomic E-state index is 0.202. The molecule has 0 unspecified atom stereocenters. The summed E-state index contributed by atoms with van der Waals surface area (Å²) in [7, 11) is -1.68. The average Bonchev–Trinajstić information content (AvgIpc) is 3.49. The zero-order valence-electron chi connectivity index (χ0n) is 21.9. The maximum Gasteiger partial charge on any atom is 0.338 e. The number of epoxide rings is 1. The molecule has 1 saturated heterocycles. The fourth-order valence-electron chi connectivity index (χ4n) is 3.13. The van der Waals surface area contributed by atoms with E-state index < -0.39 is 38.4 Å². The Hall–Kier alpha value is -1.45. The van der Waals surface area contributed by atoms with Crippen LogP contribution in [0.15, 0.2) is 0 Å². The fraction of sp³-hybridized carbons (Fsp3) is 0.875. The van der Waals surface area contributed by atoms with Gasteiger partial charge in [-0.05, 0) is 50.2 Å². The van der Waals surface area contributed by atoms with E-state index in [0.717, 1.165) is 32.3 Å². The number of hydrogen-bond donors (Lipinski definition) is 2. The summed E-state index contributed by atoms with van der Waals surface area (Å²) in [6.45, 7) is 18.5. The number of rotatable bonds is 15. The average molecular weight is 487 g/mol. The van der Waals surface area contributed by atoms with Crippen LogP contribution in [-0.2, 0) is 28.3 Å². The second-order valence-electron chi connectivity index (χ2n) is 10.7. The van der Waals surface area contributed by atoms with Gasteiger partial charge in [-0.3, -0.25) is 9.59 Å². The van der Waals surface area contributed by atoms with Crippen LogP contribution < -0.4 is 10.6 Å². The molecule has 1 heterocycles. The molecule has 0 aromatic carbocycles. The summed E-state index contributed by atoms with van der Waals surface area (Å²) in [6.07, 6.45) is 2.75. The van der Waals surface area contributed by atoms with Crippen molar-refractivity contribution >= 4 is 26.1 Å². The molecule has 1 aliphatic rings. The van der Waals surface area contributed by atoms with E-state index >= 15 is 0 Å². The van der Waals surface area contributed by atoms with Gasteiger partial charge in [-0.25, -0.2) is 4.79 Å². The van der Waals surface area contributed by atoms with Gasteiger partial charge in [-0.15, -0.1) is 0 Å². The van der Waals surface area contributed by atoms with Gasteiger partial charge in [0.15, 0.2) is 20.5 Å². The van der Waals surface area contributed by atoms with E-state index in [1.807, 2.05) is 13.8 Å². The van der Waals surface area contributed by atoms with Gasteiger partial charge in [0.05, 0.1) is 6.61 Å². The van der Waals surface area contributed by atoms with E-state index in [9.17, 15) is 14.4 Å². The Kier molecular flexibility index (Phi) is 12.0. The van der Waals surface area contributed by atoms with Gasteiger partial charge in [-0.2, -0.15) is 0 Å². The molecule has 0 aliphatic carbocycles. The zero-order valence-corrected chi connectivity index (χ0v) is 22.9. The third kappa shape index (κ3) is 10.6. The molecule has 33 heavy (non-hydrogen) atoms. The SMILES string of the molecule is CCOC(=O)[C@H]1O[C@@H]1C(=O)N[C@@H](CC(C)C)C(=O)NCCCCCCO[Si](C)(C)C(C)(C)C. The smallest absolute Gasteiger partial charge is 0.338 e. The highest BCUT2D eigenvalue weighted by Gasteiger charge is 2.52. The van der Waals surface area contributed by atoms with Gasteiger partial charge in [0.1, 0.15) is 6.04 Å². The van der Waals surface area contributed by atoms with Crippen molar-refractivity contribution < 1.29 is 28.3 Å². The second-order valence-corrected chi connectivity index (χ2v) is 15.5. The summed E-state index contributed by atoms with van der Waals surface area (Å²) in [5.74, 6) is -0.970. The molecule has 2 amide bonds. The molecule has 3 atom stereocenters. The maximum absolute atomic E-state index is 12.6. The molecule has 1 aliphatic heterocycles. The normalized spacial score (nSPS) is 19.2. The Bertz CT molecular complexity index is 647. The maximum atomic E-state index is 12.6. The highest BCUT2D eigenvalue weighted by atomic mass is 28.4. The molecule has 0 aromatic heterocycles. The molecular formula is C24H46N2O6Si. The Labute approximate surface area is 201 Å². The van der Waals surface area contributed by atoms with Crippen molar-refractivity contribution in [3.8, 4) is 0 Å². The molecule has 9 heteroatoms. The van der Waals surface area contributed by atoms with Gasteiger partial charge in [0, 0.05) is 13.2 Å². The number of ether oxygens (including phenoxy) is 2. The van der Waals surface area contributed by atoms with Crippen molar-refractivity contribution in [1.82, 2.24) is 10.6 Å². The van der Waals surface area contributed by atoms with Crippen LogP contribution in [0.2, 0.25) is 18.1 Å². The van der Waals surface area contributed by atoms with Crippen molar-refractivity contribution in [2.24, 2.45) is 5.92 Å². The highest BCUT2D eigenvalue weighted by molar-refractivity contribution is 6.74. The first-order chi connectivity index (χ1) is 15.3. The zero-order chi connectivity index (χ0) is 25.2. The lowest BCUT2D eigenvalue weighted by molar-refractivity contribution is -0.144. The van der Waals surface area contributed by atoms with Crippen molar-refractivity contribution in [3.63, 3.8) is 0 Å². The van der Waals surface area contributed by atoms with Gasteiger partial charge in [0.25, 0.3) is 5.91 Å². The van der Waals surface area contributed by atoms with Crippen LogP contribution in [0.5, 0.6) is 0 Å². The predicted octanol–water partition coefficient (Wildman–Crippen LogP) is 3.55. The minimum Gasteiger partial charge on any atom is -0.464 e. The first-order valence-electron chi connectivity index (χ1n) is 12.3. The third-order valence-corrected chi connectivity index (χ3v) is 10.8. The highest BCUT2D eigenvalue weighted by Crippen LogP contribution is 2.36. The number of nitrogens with one attached hydrogen (secondary N) is 2. The number of carbonyl (C=O) groups is 3. The number of amides is 2. The van der Waals surface area contributed by atoms with Crippen LogP contribution in [0.1, 0.15) is 73.6 Å². The molecule has 0 saturated carbocycles. The summed E-state index contributed by atoms with van der Waals surface area (Å²) < 4.78 is 16.2. The van der Waals surface area contributed by atoms with Crippen molar-refractivity contribution in [2.45, 2.75) is 110 Å². The van der Waals surface area contributed by atoms with Crippen LogP contribution in [0.4, 0.5) is 0 Å². The molecule has 0 aromatic rings. The Morgan fingerprint density at radius 1 is 1.03 bits per heavy atom. The van der Waals surface area contributed by atoms with Crippen molar-refractivity contribution in [3.05, 3.63) is 0 Å². The predicted molar refractivity (Wildman–Crippen MR) is 131 cm³/mol. The quantitative estimate of drug-likeness (QED) is 0.159. The standard InChI is InChI=1S/C24H46N2O6Si/c1-9-30-23(29)20-19(32-20)22(28)26-18(16-17(2)3)21(27)25-14-12-10-11-13-15-31-33(7,8)24(4,5)6/h17-20H,9-16H2,1-8H3,(H,25,27)(H,26,28)/t18-,19-,20-/m0/s1. The summed E-state index contributed by atoms with van der Waals surface area (Å²) in [5, 5.41) is 5.89. The number of carbonyl (C=O) groups excluding carboxylic acids is 3. The molecule has 1 rings (SSSR count). The molecule has 8 nitrogen and oxygen atoms in total. The topological polar surface area (TPSA) is 106 Å². The van der Waals surface area contributed by atoms with Crippen LogP contribution in [0.25, 0.3) is 0 Å². The monoisotopic (exact) mass is 486 g/mol. The summed E-state index contributed by atoms with van der Waals surface area (Å²) >= 11 is 0. The number of hydrogen-bond acceptors (Lipinski definition) is 6. The van der Waals surface area contributed by atoms with Crippen molar-refractivity contribution in [1.29, 1.82) is 0 Å². The van der Waals surface area contributed by atoms with E-state index in [0.29, 0.717) is 13.0 Å². The van der Waals surface area contributed by atoms with E-state index in [-0.39, 0.29) is 23.5 Å². The van der Waals surface area contributed by atoms with E-state index in [1.54, 1.807) is 6.92 Å². The van der Waals surface area contributed by atoms with Crippen LogP contribution in [-0.4, -0.2) is 64.1 Å². The largest absolute Gasteiger partial charge is 0.464 e. The molecular weight excluding hydrogens is 440 g/mol. The molecule has 192 valence electrons. The summed E-state index contributed by atoms with van der Waals surface area (Å²) in [4.78, 5) is 36.7. The lowest BCUT2D eigenvalue weighted by Crippen LogP contribution is -2.49. The number of esters is 1. The summed E-state index contributed by atoms with van der Waals surface area (Å²) in [6, 6.07) is -0.650. The van der Waals surface area contributed by atoms with Gasteiger partial charge >= 0.3 is 5.97 Å². The fourth-order valence-corrected chi connectivity index (χ4v) is 4.22. The Morgan fingerprint density at radius 2 is 1.67 bits per heavy atom. The first kappa shape index (κ1) is 29.6. The molecule has 1 fully saturated rings. The van der Waals surface area contributed by atoms with Gasteiger partial charge < -0.3 is 24.5 Å². The van der Waals surface area contributed by atoms with E-state index in [4.69, 9.17) is 13.9 Å². The Morgan fingerprint density at radius 3 is 2.24 bits per heavy atom. The van der Waals surface area contributed by atoms with Crippen LogP contribution >= 0.6 is 0 Å². The lowest BCUT2D eigenvalue weighted by atomic mass is 10.0. The lowest BCUT2D eigenvalue weighted by Gasteiger charge is -2.36. The van der Waals surface area contributed by atoms with E-state index in [1.165, 1.54) is 0 Å². The third-order valence-electron chi connectivity index (χ3n) is 6.25. The minimum atomic E-state index is -1.68. The van der Waals surface area contributed by atoms with Gasteiger partial charge in [0.2, 0.25) is 5.91 Å².